The number of rotatable bonds is 4. The number of aldehydes is 1. The number of halogens is 1. The highest BCUT2D eigenvalue weighted by molar-refractivity contribution is 5.51. The smallest absolute Gasteiger partial charge is 0.131 e. The van der Waals surface area contributed by atoms with E-state index in [0.717, 1.165) is 28.8 Å². The largest absolute Gasteiger partial charge is 0.488 e. The van der Waals surface area contributed by atoms with Gasteiger partial charge in [0, 0.05) is 18.3 Å². The Morgan fingerprint density at radius 2 is 1.91 bits per heavy atom. The van der Waals surface area contributed by atoms with E-state index in [1.54, 1.807) is 13.1 Å². The van der Waals surface area contributed by atoms with E-state index < -0.39 is 0 Å². The van der Waals surface area contributed by atoms with Gasteiger partial charge in [-0.15, -0.1) is 0 Å². The van der Waals surface area contributed by atoms with Crippen molar-refractivity contribution in [2.45, 2.75) is 27.4 Å². The Labute approximate surface area is 131 Å². The molecule has 0 amide bonds. The summed E-state index contributed by atoms with van der Waals surface area (Å²) in [5.41, 5.74) is 3.48. The lowest BCUT2D eigenvalue weighted by Gasteiger charge is -2.13. The summed E-state index contributed by atoms with van der Waals surface area (Å²) in [5, 5.41) is 2.98. The van der Waals surface area contributed by atoms with Crippen LogP contribution in [0, 0.1) is 19.7 Å². The molecular weight excluding hydrogens is 281 g/mol. The molecule has 4 heteroatoms. The molecule has 2 aromatic rings. The van der Waals surface area contributed by atoms with Gasteiger partial charge >= 0.3 is 0 Å². The van der Waals surface area contributed by atoms with E-state index in [-0.39, 0.29) is 12.4 Å². The van der Waals surface area contributed by atoms with Crippen molar-refractivity contribution in [3.8, 4) is 5.75 Å². The summed E-state index contributed by atoms with van der Waals surface area (Å²) in [5.74, 6) is 0.544. The van der Waals surface area contributed by atoms with Crippen molar-refractivity contribution in [1.29, 1.82) is 0 Å². The van der Waals surface area contributed by atoms with Crippen molar-refractivity contribution < 1.29 is 13.9 Å². The monoisotopic (exact) mass is 303 g/mol. The molecule has 0 saturated carbocycles. The molecule has 0 fully saturated rings. The summed E-state index contributed by atoms with van der Waals surface area (Å²) < 4.78 is 19.5. The summed E-state index contributed by atoms with van der Waals surface area (Å²) in [6.45, 7) is 5.65. The van der Waals surface area contributed by atoms with Gasteiger partial charge in [0.2, 0.25) is 0 Å². The lowest BCUT2D eigenvalue weighted by molar-refractivity contribution is -0.106. The summed E-state index contributed by atoms with van der Waals surface area (Å²) in [6, 6.07) is 11.0. The van der Waals surface area contributed by atoms with Crippen molar-refractivity contribution in [3.05, 3.63) is 58.9 Å². The molecule has 22 heavy (non-hydrogen) atoms. The number of benzene rings is 2. The van der Waals surface area contributed by atoms with Crippen LogP contribution in [0.5, 0.6) is 5.75 Å². The Bertz CT molecular complexity index is 626. The van der Waals surface area contributed by atoms with Crippen molar-refractivity contribution >= 4 is 12.0 Å². The van der Waals surface area contributed by atoms with Gasteiger partial charge < -0.3 is 14.8 Å². The standard InChI is InChI=1S/C16H18FNO.C2H4O/c1-11-7-8-12(2)16(9-11)19-10-13-14(17)5-4-6-15(13)18-3;1-2-3/h4-9,18H,10H2,1-3H3;2H,1H3. The van der Waals surface area contributed by atoms with Crippen LogP contribution in [0.2, 0.25) is 0 Å². The van der Waals surface area contributed by atoms with Gasteiger partial charge in [0.05, 0.1) is 0 Å². The zero-order valence-corrected chi connectivity index (χ0v) is 13.4. The third-order valence-corrected chi connectivity index (χ3v) is 3.10. The van der Waals surface area contributed by atoms with E-state index >= 15 is 0 Å². The van der Waals surface area contributed by atoms with E-state index in [1.807, 2.05) is 38.1 Å². The minimum absolute atomic E-state index is 0.215. The van der Waals surface area contributed by atoms with Gasteiger partial charge in [-0.25, -0.2) is 4.39 Å². The number of carbonyl (C=O) groups is 1. The molecule has 0 aromatic heterocycles. The second-order valence-electron chi connectivity index (χ2n) is 4.81. The van der Waals surface area contributed by atoms with Crippen molar-refractivity contribution in [2.75, 3.05) is 12.4 Å². The van der Waals surface area contributed by atoms with Crippen LogP contribution in [0.25, 0.3) is 0 Å². The van der Waals surface area contributed by atoms with Gasteiger partial charge in [-0.2, -0.15) is 0 Å². The normalized spacial score (nSPS) is 9.50. The Hall–Kier alpha value is -2.36. The summed E-state index contributed by atoms with van der Waals surface area (Å²) in [4.78, 5) is 8.81. The lowest BCUT2D eigenvalue weighted by atomic mass is 10.1. The first-order valence-electron chi connectivity index (χ1n) is 7.08. The maximum absolute atomic E-state index is 13.8. The molecule has 0 bridgehead atoms. The molecule has 2 aromatic carbocycles. The van der Waals surface area contributed by atoms with Gasteiger partial charge in [0.25, 0.3) is 0 Å². The van der Waals surface area contributed by atoms with Crippen LogP contribution in [0.15, 0.2) is 36.4 Å². The molecule has 0 atom stereocenters. The van der Waals surface area contributed by atoms with Crippen molar-refractivity contribution in [1.82, 2.24) is 0 Å². The molecule has 0 aliphatic heterocycles. The Kier molecular flexibility index (Phi) is 7.09. The Balaban J connectivity index is 0.000000745. The quantitative estimate of drug-likeness (QED) is 0.857. The average molecular weight is 303 g/mol. The van der Waals surface area contributed by atoms with Gasteiger partial charge in [0.1, 0.15) is 24.5 Å². The first-order valence-corrected chi connectivity index (χ1v) is 7.08. The fourth-order valence-corrected chi connectivity index (χ4v) is 1.95. The highest BCUT2D eigenvalue weighted by Crippen LogP contribution is 2.24. The van der Waals surface area contributed by atoms with E-state index in [1.165, 1.54) is 13.0 Å². The van der Waals surface area contributed by atoms with E-state index in [4.69, 9.17) is 9.53 Å². The minimum Gasteiger partial charge on any atom is -0.488 e. The Morgan fingerprint density at radius 3 is 2.55 bits per heavy atom. The molecule has 0 unspecified atom stereocenters. The van der Waals surface area contributed by atoms with Crippen LogP contribution in [-0.2, 0) is 11.4 Å². The SMILES string of the molecule is CC=O.CNc1cccc(F)c1COc1cc(C)ccc1C. The summed E-state index contributed by atoms with van der Waals surface area (Å²) in [7, 11) is 1.77. The third-order valence-electron chi connectivity index (χ3n) is 3.10. The van der Waals surface area contributed by atoms with Crippen LogP contribution < -0.4 is 10.1 Å². The first kappa shape index (κ1) is 17.7. The molecule has 2 rings (SSSR count). The molecule has 3 nitrogen and oxygen atoms in total. The van der Waals surface area contributed by atoms with Crippen molar-refractivity contribution in [2.24, 2.45) is 0 Å². The first-order chi connectivity index (χ1) is 10.5. The number of hydrogen-bond acceptors (Lipinski definition) is 3. The predicted molar refractivity (Wildman–Crippen MR) is 87.9 cm³/mol. The maximum Gasteiger partial charge on any atom is 0.131 e. The van der Waals surface area contributed by atoms with E-state index in [2.05, 4.69) is 5.32 Å². The zero-order chi connectivity index (χ0) is 16.5. The number of carbonyl (C=O) groups excluding carboxylic acids is 1. The highest BCUT2D eigenvalue weighted by atomic mass is 19.1. The molecule has 0 radical (unpaired) electrons. The molecule has 0 saturated heterocycles. The number of ether oxygens (including phenoxy) is 1. The zero-order valence-electron chi connectivity index (χ0n) is 13.4. The minimum atomic E-state index is -0.253. The van der Waals surface area contributed by atoms with E-state index in [9.17, 15) is 4.39 Å². The highest BCUT2D eigenvalue weighted by Gasteiger charge is 2.09. The Morgan fingerprint density at radius 1 is 1.23 bits per heavy atom. The molecule has 1 N–H and O–H groups in total. The van der Waals surface area contributed by atoms with Crippen LogP contribution in [0.4, 0.5) is 10.1 Å². The predicted octanol–water partition coefficient (Wildman–Crippen LogP) is 4.27. The second kappa shape index (κ2) is 8.82. The molecule has 0 aliphatic rings. The van der Waals surface area contributed by atoms with E-state index in [0.29, 0.717) is 5.56 Å². The van der Waals surface area contributed by atoms with Crippen LogP contribution in [0.3, 0.4) is 0 Å². The van der Waals surface area contributed by atoms with Crippen LogP contribution >= 0.6 is 0 Å². The van der Waals surface area contributed by atoms with Crippen LogP contribution in [0.1, 0.15) is 23.6 Å². The number of aryl methyl sites for hydroxylation is 2. The molecular formula is C18H22FNO2. The fourth-order valence-electron chi connectivity index (χ4n) is 1.95. The number of hydrogen-bond donors (Lipinski definition) is 1. The summed E-state index contributed by atoms with van der Waals surface area (Å²) >= 11 is 0. The summed E-state index contributed by atoms with van der Waals surface area (Å²) in [6.07, 6.45) is 0.750. The molecule has 0 aliphatic carbocycles. The third kappa shape index (κ3) is 4.88. The van der Waals surface area contributed by atoms with Gasteiger partial charge in [-0.1, -0.05) is 18.2 Å². The average Bonchev–Trinajstić information content (AvgIpc) is 2.49. The van der Waals surface area contributed by atoms with Crippen molar-refractivity contribution in [3.63, 3.8) is 0 Å². The fraction of sp³-hybridized carbons (Fsp3) is 0.278. The van der Waals surface area contributed by atoms with Gasteiger partial charge in [0.15, 0.2) is 0 Å². The van der Waals surface area contributed by atoms with Gasteiger partial charge in [-0.3, -0.25) is 0 Å². The number of anilines is 1. The van der Waals surface area contributed by atoms with Gasteiger partial charge in [-0.05, 0) is 50.1 Å². The second-order valence-corrected chi connectivity index (χ2v) is 4.81. The van der Waals surface area contributed by atoms with Crippen LogP contribution in [-0.4, -0.2) is 13.3 Å². The lowest BCUT2D eigenvalue weighted by Crippen LogP contribution is -2.04. The molecule has 0 heterocycles. The maximum atomic E-state index is 13.8. The molecule has 0 spiro atoms. The number of nitrogens with one attached hydrogen (secondary N) is 1. The topological polar surface area (TPSA) is 38.3 Å². The molecule has 118 valence electrons.